The zero-order chi connectivity index (χ0) is 20.3. The zero-order valence-corrected chi connectivity index (χ0v) is 14.8. The van der Waals surface area contributed by atoms with Crippen LogP contribution in [0.4, 0.5) is 20.2 Å². The maximum absolute atomic E-state index is 13.9. The molecule has 2 amide bonds. The Bertz CT molecular complexity index is 915. The van der Waals surface area contributed by atoms with Crippen LogP contribution in [0.1, 0.15) is 18.4 Å². The molecule has 1 aliphatic heterocycles. The van der Waals surface area contributed by atoms with Crippen molar-refractivity contribution in [1.29, 1.82) is 0 Å². The Labute approximate surface area is 159 Å². The minimum absolute atomic E-state index is 0.00388. The van der Waals surface area contributed by atoms with Crippen LogP contribution in [0.15, 0.2) is 42.5 Å². The Morgan fingerprint density at radius 3 is 2.50 bits per heavy atom. The van der Waals surface area contributed by atoms with Crippen molar-refractivity contribution in [1.82, 2.24) is 0 Å². The van der Waals surface area contributed by atoms with Gasteiger partial charge in [0.2, 0.25) is 11.8 Å². The molecule has 28 heavy (non-hydrogen) atoms. The number of hydrogen-bond acceptors (Lipinski definition) is 3. The lowest BCUT2D eigenvalue weighted by Crippen LogP contribution is -2.28. The molecule has 2 N–H and O–H groups in total. The molecular weight excluding hydrogens is 370 g/mol. The fourth-order valence-corrected chi connectivity index (χ4v) is 3.07. The Hall–Kier alpha value is -3.29. The summed E-state index contributed by atoms with van der Waals surface area (Å²) in [6.07, 6.45) is 0.337. The van der Waals surface area contributed by atoms with E-state index in [-0.39, 0.29) is 31.0 Å². The summed E-state index contributed by atoms with van der Waals surface area (Å²) in [6.45, 7) is 0.00388. The molecule has 146 valence electrons. The van der Waals surface area contributed by atoms with E-state index in [9.17, 15) is 23.2 Å². The van der Waals surface area contributed by atoms with E-state index in [1.807, 2.05) is 0 Å². The van der Waals surface area contributed by atoms with Crippen LogP contribution >= 0.6 is 0 Å². The number of amides is 2. The number of carboxylic acid groups (broad SMARTS) is 1. The first-order chi connectivity index (χ1) is 13.3. The predicted octanol–water partition coefficient (Wildman–Crippen LogP) is 2.97. The molecule has 2 aromatic rings. The van der Waals surface area contributed by atoms with Crippen molar-refractivity contribution in [2.45, 2.75) is 19.3 Å². The Kier molecular flexibility index (Phi) is 5.67. The van der Waals surface area contributed by atoms with E-state index in [0.717, 1.165) is 16.5 Å². The normalized spacial score (nSPS) is 16.3. The first-order valence-corrected chi connectivity index (χ1v) is 8.70. The minimum Gasteiger partial charge on any atom is -0.481 e. The highest BCUT2D eigenvalue weighted by molar-refractivity contribution is 6.03. The number of aryl methyl sites for hydroxylation is 1. The average Bonchev–Trinajstić information content (AvgIpc) is 3.03. The van der Waals surface area contributed by atoms with Crippen molar-refractivity contribution in [3.05, 3.63) is 59.7 Å². The van der Waals surface area contributed by atoms with Crippen LogP contribution < -0.4 is 10.2 Å². The maximum Gasteiger partial charge on any atom is 0.303 e. The summed E-state index contributed by atoms with van der Waals surface area (Å²) in [5.74, 6) is -3.93. The van der Waals surface area contributed by atoms with Crippen LogP contribution in [0.5, 0.6) is 0 Å². The number of benzene rings is 2. The molecule has 0 spiro atoms. The second-order valence-electron chi connectivity index (χ2n) is 6.58. The van der Waals surface area contributed by atoms with Crippen molar-refractivity contribution in [2.75, 3.05) is 16.8 Å². The topological polar surface area (TPSA) is 86.7 Å². The van der Waals surface area contributed by atoms with E-state index < -0.39 is 29.4 Å². The fraction of sp³-hybridized carbons (Fsp3) is 0.250. The first-order valence-electron chi connectivity index (χ1n) is 8.70. The minimum atomic E-state index is -0.884. The van der Waals surface area contributed by atoms with Crippen LogP contribution in [0.25, 0.3) is 0 Å². The number of nitrogens with one attached hydrogen (secondary N) is 1. The van der Waals surface area contributed by atoms with Gasteiger partial charge in [-0.1, -0.05) is 12.1 Å². The molecule has 1 fully saturated rings. The second kappa shape index (κ2) is 8.16. The van der Waals surface area contributed by atoms with Crippen LogP contribution in [-0.2, 0) is 20.8 Å². The average molecular weight is 388 g/mol. The van der Waals surface area contributed by atoms with E-state index in [0.29, 0.717) is 18.2 Å². The SMILES string of the molecule is O=C(O)CCc1ccc(NC(=O)C2CC(=O)N(c3ccc(F)cc3F)C2)cc1. The highest BCUT2D eigenvalue weighted by Gasteiger charge is 2.36. The quantitative estimate of drug-likeness (QED) is 0.797. The number of carbonyl (C=O) groups excluding carboxylic acids is 2. The largest absolute Gasteiger partial charge is 0.481 e. The third-order valence-corrected chi connectivity index (χ3v) is 4.55. The summed E-state index contributed by atoms with van der Waals surface area (Å²) >= 11 is 0. The van der Waals surface area contributed by atoms with Gasteiger partial charge in [-0.2, -0.15) is 0 Å². The van der Waals surface area contributed by atoms with Gasteiger partial charge in [-0.05, 0) is 36.2 Å². The summed E-state index contributed by atoms with van der Waals surface area (Å²) in [5, 5.41) is 11.4. The number of nitrogens with zero attached hydrogens (tertiary/aromatic N) is 1. The molecule has 1 unspecified atom stereocenters. The Balaban J connectivity index is 1.62. The van der Waals surface area contributed by atoms with Gasteiger partial charge >= 0.3 is 5.97 Å². The molecule has 1 atom stereocenters. The van der Waals surface area contributed by atoms with E-state index in [2.05, 4.69) is 5.32 Å². The highest BCUT2D eigenvalue weighted by Crippen LogP contribution is 2.28. The molecule has 0 aliphatic carbocycles. The molecule has 3 rings (SSSR count). The fourth-order valence-electron chi connectivity index (χ4n) is 3.07. The second-order valence-corrected chi connectivity index (χ2v) is 6.58. The molecule has 0 saturated carbocycles. The molecule has 1 aliphatic rings. The van der Waals surface area contributed by atoms with E-state index in [1.54, 1.807) is 24.3 Å². The van der Waals surface area contributed by atoms with Crippen molar-refractivity contribution in [3.8, 4) is 0 Å². The number of hydrogen-bond donors (Lipinski definition) is 2. The molecule has 0 radical (unpaired) electrons. The number of rotatable bonds is 6. The third kappa shape index (κ3) is 4.51. The van der Waals surface area contributed by atoms with Crippen LogP contribution in [0.2, 0.25) is 0 Å². The molecule has 2 aromatic carbocycles. The number of aliphatic carboxylic acids is 1. The van der Waals surface area contributed by atoms with E-state index >= 15 is 0 Å². The van der Waals surface area contributed by atoms with Gasteiger partial charge in [0.05, 0.1) is 11.6 Å². The van der Waals surface area contributed by atoms with Crippen molar-refractivity contribution < 1.29 is 28.3 Å². The number of halogens is 2. The van der Waals surface area contributed by atoms with Gasteiger partial charge in [0.15, 0.2) is 0 Å². The Morgan fingerprint density at radius 2 is 1.86 bits per heavy atom. The predicted molar refractivity (Wildman–Crippen MR) is 97.8 cm³/mol. The molecule has 8 heteroatoms. The van der Waals surface area contributed by atoms with E-state index in [4.69, 9.17) is 5.11 Å². The summed E-state index contributed by atoms with van der Waals surface area (Å²) in [7, 11) is 0. The lowest BCUT2D eigenvalue weighted by molar-refractivity contribution is -0.137. The van der Waals surface area contributed by atoms with Crippen molar-refractivity contribution >= 4 is 29.2 Å². The van der Waals surface area contributed by atoms with Crippen LogP contribution in [0, 0.1) is 17.6 Å². The number of carboxylic acids is 1. The lowest BCUT2D eigenvalue weighted by Gasteiger charge is -2.17. The summed E-state index contributed by atoms with van der Waals surface area (Å²) in [6, 6.07) is 9.69. The lowest BCUT2D eigenvalue weighted by atomic mass is 10.1. The van der Waals surface area contributed by atoms with Crippen molar-refractivity contribution in [3.63, 3.8) is 0 Å². The molecule has 1 saturated heterocycles. The molecule has 1 heterocycles. The maximum atomic E-state index is 13.9. The smallest absolute Gasteiger partial charge is 0.303 e. The molecule has 0 aromatic heterocycles. The summed E-state index contributed by atoms with van der Waals surface area (Å²) in [4.78, 5) is 36.4. The number of anilines is 2. The van der Waals surface area contributed by atoms with Gasteiger partial charge < -0.3 is 15.3 Å². The standard InChI is InChI=1S/C20H18F2N2O4/c21-14-4-7-17(16(22)10-14)24-11-13(9-18(24)25)20(28)23-15-5-1-12(2-6-15)3-8-19(26)27/h1-2,4-7,10,13H,3,8-9,11H2,(H,23,28)(H,26,27). The third-order valence-electron chi connectivity index (χ3n) is 4.55. The van der Waals surface area contributed by atoms with Gasteiger partial charge in [-0.15, -0.1) is 0 Å². The molecular formula is C20H18F2N2O4. The van der Waals surface area contributed by atoms with Gasteiger partial charge in [0.25, 0.3) is 0 Å². The first kappa shape index (κ1) is 19.5. The van der Waals surface area contributed by atoms with E-state index in [1.165, 1.54) is 6.07 Å². The van der Waals surface area contributed by atoms with Gasteiger partial charge in [0, 0.05) is 31.1 Å². The van der Waals surface area contributed by atoms with Gasteiger partial charge in [-0.3, -0.25) is 14.4 Å². The summed E-state index contributed by atoms with van der Waals surface area (Å²) in [5.41, 5.74) is 1.29. The van der Waals surface area contributed by atoms with Crippen LogP contribution in [0.3, 0.4) is 0 Å². The molecule has 0 bridgehead atoms. The summed E-state index contributed by atoms with van der Waals surface area (Å²) < 4.78 is 27.0. The van der Waals surface area contributed by atoms with Gasteiger partial charge in [-0.25, -0.2) is 8.78 Å². The van der Waals surface area contributed by atoms with Crippen molar-refractivity contribution in [2.24, 2.45) is 5.92 Å². The Morgan fingerprint density at radius 1 is 1.14 bits per heavy atom. The molecule has 6 nitrogen and oxygen atoms in total. The van der Waals surface area contributed by atoms with Crippen LogP contribution in [-0.4, -0.2) is 29.4 Å². The number of carbonyl (C=O) groups is 3. The van der Waals surface area contributed by atoms with Gasteiger partial charge in [0.1, 0.15) is 11.6 Å². The monoisotopic (exact) mass is 388 g/mol. The highest BCUT2D eigenvalue weighted by atomic mass is 19.1. The zero-order valence-electron chi connectivity index (χ0n) is 14.8.